The summed E-state index contributed by atoms with van der Waals surface area (Å²) in [7, 11) is -8.00. The van der Waals surface area contributed by atoms with Crippen LogP contribution in [0.1, 0.15) is 0 Å². The van der Waals surface area contributed by atoms with E-state index in [2.05, 4.69) is 4.72 Å². The number of rotatable bonds is 6. The van der Waals surface area contributed by atoms with E-state index in [9.17, 15) is 16.8 Å². The van der Waals surface area contributed by atoms with Crippen LogP contribution in [0.5, 0.6) is 0 Å². The lowest BCUT2D eigenvalue weighted by Gasteiger charge is -2.13. The fraction of sp³-hybridized carbons (Fsp3) is 0. The molecule has 140 valence electrons. The van der Waals surface area contributed by atoms with Gasteiger partial charge in [-0.15, -0.1) is 0 Å². The lowest BCUT2D eigenvalue weighted by Crippen LogP contribution is -2.16. The Bertz CT molecular complexity index is 1160. The van der Waals surface area contributed by atoms with Crippen molar-refractivity contribution in [1.82, 2.24) is 0 Å². The number of nitrogens with two attached hydrogens (primary N) is 1. The smallest absolute Gasteiger partial charge is 0.261 e. The molecule has 0 unspecified atom stereocenters. The molecule has 0 amide bonds. The monoisotopic (exact) mass is 420 g/mol. The van der Waals surface area contributed by atoms with E-state index in [1.54, 1.807) is 18.2 Å². The molecule has 0 aliphatic heterocycles. The molecule has 0 atom stereocenters. The summed E-state index contributed by atoms with van der Waals surface area (Å²) >= 11 is 1.41. The number of anilines is 1. The summed E-state index contributed by atoms with van der Waals surface area (Å²) in [6, 6.07) is 21.4. The highest BCUT2D eigenvalue weighted by atomic mass is 32.2. The Balaban J connectivity index is 1.93. The van der Waals surface area contributed by atoms with Gasteiger partial charge in [-0.25, -0.2) is 22.0 Å². The van der Waals surface area contributed by atoms with E-state index in [0.717, 1.165) is 15.9 Å². The highest BCUT2D eigenvalue weighted by Crippen LogP contribution is 2.34. The Morgan fingerprint density at radius 3 is 2.07 bits per heavy atom. The van der Waals surface area contributed by atoms with Crippen LogP contribution in [0.3, 0.4) is 0 Å². The summed E-state index contributed by atoms with van der Waals surface area (Å²) in [6.45, 7) is 0. The van der Waals surface area contributed by atoms with Gasteiger partial charge >= 0.3 is 0 Å². The van der Waals surface area contributed by atoms with Crippen LogP contribution in [0, 0.1) is 0 Å². The highest BCUT2D eigenvalue weighted by Gasteiger charge is 2.19. The average molecular weight is 421 g/mol. The molecule has 3 rings (SSSR count). The van der Waals surface area contributed by atoms with Gasteiger partial charge in [0.25, 0.3) is 10.0 Å². The van der Waals surface area contributed by atoms with Crippen molar-refractivity contribution in [3.05, 3.63) is 78.9 Å². The molecule has 0 saturated carbocycles. The SMILES string of the molecule is NS(=O)(=O)c1cccc(S(=O)(=O)Nc2ccccc2Sc2ccccc2)c1. The second-order valence-electron chi connectivity index (χ2n) is 5.54. The van der Waals surface area contributed by atoms with Crippen molar-refractivity contribution < 1.29 is 16.8 Å². The maximum atomic E-state index is 12.7. The highest BCUT2D eigenvalue weighted by molar-refractivity contribution is 7.99. The number of hydrogen-bond acceptors (Lipinski definition) is 5. The molecule has 6 nitrogen and oxygen atoms in total. The fourth-order valence-corrected chi connectivity index (χ4v) is 5.02. The van der Waals surface area contributed by atoms with Gasteiger partial charge in [0, 0.05) is 9.79 Å². The molecular weight excluding hydrogens is 404 g/mol. The van der Waals surface area contributed by atoms with E-state index in [1.165, 1.54) is 30.0 Å². The third-order valence-electron chi connectivity index (χ3n) is 3.55. The molecule has 9 heteroatoms. The van der Waals surface area contributed by atoms with Gasteiger partial charge in [0.1, 0.15) is 0 Å². The Kier molecular flexibility index (Phi) is 5.56. The van der Waals surface area contributed by atoms with E-state index >= 15 is 0 Å². The third-order valence-corrected chi connectivity index (χ3v) is 6.90. The molecule has 0 saturated heterocycles. The van der Waals surface area contributed by atoms with E-state index in [1.807, 2.05) is 36.4 Å². The second kappa shape index (κ2) is 7.73. The molecule has 0 heterocycles. The maximum absolute atomic E-state index is 12.7. The predicted molar refractivity (Wildman–Crippen MR) is 106 cm³/mol. The molecule has 0 bridgehead atoms. The van der Waals surface area contributed by atoms with Crippen LogP contribution >= 0.6 is 11.8 Å². The second-order valence-corrected chi connectivity index (χ2v) is 9.90. The van der Waals surface area contributed by atoms with Crippen molar-refractivity contribution in [3.63, 3.8) is 0 Å². The van der Waals surface area contributed by atoms with Gasteiger partial charge < -0.3 is 0 Å². The van der Waals surface area contributed by atoms with E-state index in [4.69, 9.17) is 5.14 Å². The van der Waals surface area contributed by atoms with Crippen molar-refractivity contribution in [2.24, 2.45) is 5.14 Å². The van der Waals surface area contributed by atoms with Gasteiger partial charge in [-0.05, 0) is 42.5 Å². The normalized spacial score (nSPS) is 11.9. The van der Waals surface area contributed by atoms with Gasteiger partial charge in [-0.2, -0.15) is 0 Å². The van der Waals surface area contributed by atoms with Crippen LogP contribution in [0.15, 0.2) is 98.4 Å². The van der Waals surface area contributed by atoms with Crippen LogP contribution in [-0.4, -0.2) is 16.8 Å². The molecule has 0 radical (unpaired) electrons. The molecule has 0 aliphatic rings. The van der Waals surface area contributed by atoms with Crippen molar-refractivity contribution in [1.29, 1.82) is 0 Å². The summed E-state index contributed by atoms with van der Waals surface area (Å²) in [5.41, 5.74) is 0.396. The number of hydrogen-bond donors (Lipinski definition) is 2. The van der Waals surface area contributed by atoms with Crippen molar-refractivity contribution in [3.8, 4) is 0 Å². The van der Waals surface area contributed by atoms with Gasteiger partial charge in [0.2, 0.25) is 10.0 Å². The third kappa shape index (κ3) is 4.89. The molecule has 0 fully saturated rings. The Morgan fingerprint density at radius 1 is 0.741 bits per heavy atom. The summed E-state index contributed by atoms with van der Waals surface area (Å²) in [6.07, 6.45) is 0. The molecular formula is C18H16N2O4S3. The Labute approximate surface area is 162 Å². The largest absolute Gasteiger partial charge is 0.278 e. The predicted octanol–water partition coefficient (Wildman–Crippen LogP) is 3.29. The molecule has 3 N–H and O–H groups in total. The zero-order valence-corrected chi connectivity index (χ0v) is 16.4. The number of para-hydroxylation sites is 1. The van der Waals surface area contributed by atoms with Gasteiger partial charge in [0.05, 0.1) is 15.5 Å². The van der Waals surface area contributed by atoms with Crippen LogP contribution in [0.4, 0.5) is 5.69 Å². The average Bonchev–Trinajstić information content (AvgIpc) is 2.63. The molecule has 3 aromatic carbocycles. The summed E-state index contributed by atoms with van der Waals surface area (Å²) in [4.78, 5) is 1.22. The van der Waals surface area contributed by atoms with E-state index < -0.39 is 20.0 Å². The van der Waals surface area contributed by atoms with Crippen LogP contribution in [-0.2, 0) is 20.0 Å². The van der Waals surface area contributed by atoms with Crippen molar-refractivity contribution in [2.45, 2.75) is 19.6 Å². The lowest BCUT2D eigenvalue weighted by molar-refractivity contribution is 0.597. The van der Waals surface area contributed by atoms with E-state index in [0.29, 0.717) is 5.69 Å². The summed E-state index contributed by atoms with van der Waals surface area (Å²) in [5.74, 6) is 0. The first-order valence-corrected chi connectivity index (χ1v) is 11.6. The van der Waals surface area contributed by atoms with Crippen LogP contribution in [0.2, 0.25) is 0 Å². The van der Waals surface area contributed by atoms with Crippen LogP contribution < -0.4 is 9.86 Å². The Morgan fingerprint density at radius 2 is 1.37 bits per heavy atom. The Hall–Kier alpha value is -2.33. The summed E-state index contributed by atoms with van der Waals surface area (Å²) < 4.78 is 51.0. The standard InChI is InChI=1S/C18H16N2O4S3/c19-26(21,22)15-9-6-10-16(13-15)27(23,24)20-17-11-4-5-12-18(17)25-14-7-2-1-3-8-14/h1-13,20H,(H2,19,21,22). The number of benzene rings is 3. The molecule has 27 heavy (non-hydrogen) atoms. The van der Waals surface area contributed by atoms with Crippen LogP contribution in [0.25, 0.3) is 0 Å². The number of nitrogens with one attached hydrogen (secondary N) is 1. The van der Waals surface area contributed by atoms with Gasteiger partial charge in [-0.1, -0.05) is 48.2 Å². The van der Waals surface area contributed by atoms with E-state index in [-0.39, 0.29) is 9.79 Å². The van der Waals surface area contributed by atoms with Crippen molar-refractivity contribution >= 4 is 37.5 Å². The zero-order valence-electron chi connectivity index (χ0n) is 13.9. The number of primary sulfonamides is 1. The molecule has 0 spiro atoms. The quantitative estimate of drug-likeness (QED) is 0.636. The summed E-state index contributed by atoms with van der Waals surface area (Å²) in [5, 5.41) is 5.09. The number of sulfonamides is 2. The van der Waals surface area contributed by atoms with Gasteiger partial charge in [-0.3, -0.25) is 4.72 Å². The first-order chi connectivity index (χ1) is 12.8. The minimum absolute atomic E-state index is 0.187. The van der Waals surface area contributed by atoms with Crippen molar-refractivity contribution in [2.75, 3.05) is 4.72 Å². The lowest BCUT2D eigenvalue weighted by atomic mass is 10.3. The maximum Gasteiger partial charge on any atom is 0.261 e. The minimum Gasteiger partial charge on any atom is -0.278 e. The topological polar surface area (TPSA) is 106 Å². The first-order valence-electron chi connectivity index (χ1n) is 7.73. The zero-order chi connectivity index (χ0) is 19.5. The molecule has 0 aliphatic carbocycles. The minimum atomic E-state index is -4.00. The first kappa shape index (κ1) is 19.4. The molecule has 3 aromatic rings. The fourth-order valence-electron chi connectivity index (χ4n) is 2.28. The van der Waals surface area contributed by atoms with Gasteiger partial charge in [0.15, 0.2) is 0 Å². The molecule has 0 aromatic heterocycles.